The highest BCUT2D eigenvalue weighted by atomic mass is 15.1. The first kappa shape index (κ1) is 20.3. The van der Waals surface area contributed by atoms with Gasteiger partial charge in [0.25, 0.3) is 0 Å². The van der Waals surface area contributed by atoms with Gasteiger partial charge < -0.3 is 4.90 Å². The predicted molar refractivity (Wildman–Crippen MR) is 86.2 cm³/mol. The summed E-state index contributed by atoms with van der Waals surface area (Å²) in [5, 5.41) is 0. The van der Waals surface area contributed by atoms with Crippen LogP contribution in [0.1, 0.15) is 80.6 Å². The summed E-state index contributed by atoms with van der Waals surface area (Å²) < 4.78 is 0. The molecular formula is C17H39N. The Morgan fingerprint density at radius 1 is 1.00 bits per heavy atom. The summed E-state index contributed by atoms with van der Waals surface area (Å²) in [6.07, 6.45) is 6.91. The van der Waals surface area contributed by atoms with E-state index in [1.165, 1.54) is 45.2 Å². The summed E-state index contributed by atoms with van der Waals surface area (Å²) in [4.78, 5) is 2.45. The molecule has 1 heteroatoms. The summed E-state index contributed by atoms with van der Waals surface area (Å²) in [7, 11) is 2.24. The topological polar surface area (TPSA) is 3.24 Å². The third-order valence-corrected chi connectivity index (χ3v) is 3.96. The Bertz CT molecular complexity index is 157. The van der Waals surface area contributed by atoms with Crippen LogP contribution in [-0.4, -0.2) is 25.0 Å². The summed E-state index contributed by atoms with van der Waals surface area (Å²) >= 11 is 0. The Kier molecular flexibility index (Phi) is 13.5. The summed E-state index contributed by atoms with van der Waals surface area (Å²) in [5.74, 6) is 0.982. The van der Waals surface area contributed by atoms with Crippen molar-refractivity contribution in [3.8, 4) is 0 Å². The molecule has 1 aliphatic rings. The Labute approximate surface area is 117 Å². The maximum Gasteiger partial charge on any atom is 0.00349 e. The zero-order valence-electron chi connectivity index (χ0n) is 14.5. The molecule has 0 aromatic rings. The molecule has 0 unspecified atom stereocenters. The SMILES string of the molecule is CC.CCCC.CCN(C)CC1(CC)CC(C)C1. The molecule has 0 bridgehead atoms. The van der Waals surface area contributed by atoms with E-state index in [1.807, 2.05) is 13.8 Å². The largest absolute Gasteiger partial charge is 0.306 e. The van der Waals surface area contributed by atoms with Crippen LogP contribution in [0.5, 0.6) is 0 Å². The van der Waals surface area contributed by atoms with E-state index in [9.17, 15) is 0 Å². The van der Waals surface area contributed by atoms with E-state index in [0.29, 0.717) is 5.41 Å². The van der Waals surface area contributed by atoms with Crippen LogP contribution in [0.2, 0.25) is 0 Å². The van der Waals surface area contributed by atoms with Crippen molar-refractivity contribution in [2.45, 2.75) is 80.6 Å². The monoisotopic (exact) mass is 257 g/mol. The molecule has 1 nitrogen and oxygen atoms in total. The number of rotatable bonds is 5. The van der Waals surface area contributed by atoms with Gasteiger partial charge in [0.15, 0.2) is 0 Å². The van der Waals surface area contributed by atoms with Crippen molar-refractivity contribution in [2.24, 2.45) is 11.3 Å². The highest BCUT2D eigenvalue weighted by molar-refractivity contribution is 4.92. The zero-order valence-corrected chi connectivity index (χ0v) is 14.5. The van der Waals surface area contributed by atoms with Gasteiger partial charge in [0.2, 0.25) is 0 Å². The molecule has 1 aliphatic carbocycles. The predicted octanol–water partition coefficient (Wildman–Crippen LogP) is 5.60. The molecule has 0 atom stereocenters. The highest BCUT2D eigenvalue weighted by Gasteiger charge is 2.40. The lowest BCUT2D eigenvalue weighted by atomic mass is 9.61. The smallest absolute Gasteiger partial charge is 0.00349 e. The lowest BCUT2D eigenvalue weighted by Gasteiger charge is -2.48. The maximum absolute atomic E-state index is 2.45. The van der Waals surface area contributed by atoms with Gasteiger partial charge in [0, 0.05) is 6.54 Å². The fraction of sp³-hybridized carbons (Fsp3) is 1.00. The standard InChI is InChI=1S/C11H23N.C4H10.C2H6/c1-5-11(7-10(3)8-11)9-12(4)6-2;1-3-4-2;1-2/h10H,5-9H2,1-4H3;3-4H2,1-2H3;1-2H3. The van der Waals surface area contributed by atoms with Crippen molar-refractivity contribution in [2.75, 3.05) is 20.1 Å². The third kappa shape index (κ3) is 8.13. The van der Waals surface area contributed by atoms with Crippen molar-refractivity contribution < 1.29 is 0 Å². The summed E-state index contributed by atoms with van der Waals surface area (Å²) in [6.45, 7) is 17.8. The van der Waals surface area contributed by atoms with E-state index in [0.717, 1.165) is 5.92 Å². The van der Waals surface area contributed by atoms with Crippen molar-refractivity contribution >= 4 is 0 Å². The Balaban J connectivity index is 0. The first-order chi connectivity index (χ1) is 8.53. The van der Waals surface area contributed by atoms with E-state index in [2.05, 4.69) is 46.6 Å². The molecule has 1 rings (SSSR count). The first-order valence-corrected chi connectivity index (χ1v) is 8.22. The molecule has 0 aromatic carbocycles. The Morgan fingerprint density at radius 3 is 1.67 bits per heavy atom. The van der Waals surface area contributed by atoms with E-state index in [-0.39, 0.29) is 0 Å². The minimum absolute atomic E-state index is 0.685. The highest BCUT2D eigenvalue weighted by Crippen LogP contribution is 2.48. The number of hydrogen-bond donors (Lipinski definition) is 0. The summed E-state index contributed by atoms with van der Waals surface area (Å²) in [5.41, 5.74) is 0.685. The van der Waals surface area contributed by atoms with Gasteiger partial charge in [0.1, 0.15) is 0 Å². The second-order valence-corrected chi connectivity index (χ2v) is 5.70. The molecule has 1 fully saturated rings. The minimum Gasteiger partial charge on any atom is -0.306 e. The van der Waals surface area contributed by atoms with Gasteiger partial charge in [-0.25, -0.2) is 0 Å². The summed E-state index contributed by atoms with van der Waals surface area (Å²) in [6, 6.07) is 0. The maximum atomic E-state index is 2.45. The molecule has 1 saturated carbocycles. The van der Waals surface area contributed by atoms with Crippen molar-refractivity contribution in [3.63, 3.8) is 0 Å². The number of unbranched alkanes of at least 4 members (excludes halogenated alkanes) is 1. The molecule has 18 heavy (non-hydrogen) atoms. The molecule has 0 aliphatic heterocycles. The fourth-order valence-electron chi connectivity index (χ4n) is 2.63. The molecule has 0 aromatic heterocycles. The van der Waals surface area contributed by atoms with Crippen LogP contribution in [0, 0.1) is 11.3 Å². The van der Waals surface area contributed by atoms with Crippen molar-refractivity contribution in [3.05, 3.63) is 0 Å². The molecule has 0 spiro atoms. The van der Waals surface area contributed by atoms with E-state index in [1.54, 1.807) is 0 Å². The average Bonchev–Trinajstić information content (AvgIpc) is 2.38. The molecule has 0 heterocycles. The molecule has 0 saturated heterocycles. The van der Waals surface area contributed by atoms with Crippen LogP contribution in [0.4, 0.5) is 0 Å². The molecule has 0 N–H and O–H groups in total. The molecule has 112 valence electrons. The van der Waals surface area contributed by atoms with Crippen LogP contribution in [-0.2, 0) is 0 Å². The van der Waals surface area contributed by atoms with E-state index < -0.39 is 0 Å². The van der Waals surface area contributed by atoms with Gasteiger partial charge >= 0.3 is 0 Å². The lowest BCUT2D eigenvalue weighted by Crippen LogP contribution is -2.44. The van der Waals surface area contributed by atoms with Crippen molar-refractivity contribution in [1.29, 1.82) is 0 Å². The van der Waals surface area contributed by atoms with E-state index in [4.69, 9.17) is 0 Å². The first-order valence-electron chi connectivity index (χ1n) is 8.22. The van der Waals surface area contributed by atoms with Gasteiger partial charge in [-0.2, -0.15) is 0 Å². The normalized spacial score (nSPS) is 25.5. The third-order valence-electron chi connectivity index (χ3n) is 3.96. The molecule has 0 amide bonds. The van der Waals surface area contributed by atoms with E-state index >= 15 is 0 Å². The number of nitrogens with zero attached hydrogens (tertiary/aromatic N) is 1. The van der Waals surface area contributed by atoms with Crippen LogP contribution in [0.3, 0.4) is 0 Å². The average molecular weight is 258 g/mol. The zero-order chi connectivity index (χ0) is 14.6. The Morgan fingerprint density at radius 2 is 1.44 bits per heavy atom. The van der Waals surface area contributed by atoms with Gasteiger partial charge in [-0.1, -0.05) is 61.3 Å². The quantitative estimate of drug-likeness (QED) is 0.620. The number of hydrogen-bond acceptors (Lipinski definition) is 1. The lowest BCUT2D eigenvalue weighted by molar-refractivity contribution is 0.0270. The minimum atomic E-state index is 0.685. The van der Waals surface area contributed by atoms with Gasteiger partial charge in [-0.15, -0.1) is 0 Å². The fourth-order valence-corrected chi connectivity index (χ4v) is 2.63. The Hall–Kier alpha value is -0.0400. The van der Waals surface area contributed by atoms with Crippen LogP contribution < -0.4 is 0 Å². The second-order valence-electron chi connectivity index (χ2n) is 5.70. The van der Waals surface area contributed by atoms with Crippen LogP contribution in [0.25, 0.3) is 0 Å². The van der Waals surface area contributed by atoms with Crippen molar-refractivity contribution in [1.82, 2.24) is 4.90 Å². The van der Waals surface area contributed by atoms with Crippen LogP contribution in [0.15, 0.2) is 0 Å². The molecule has 0 radical (unpaired) electrons. The van der Waals surface area contributed by atoms with Crippen LogP contribution >= 0.6 is 0 Å². The van der Waals surface area contributed by atoms with Gasteiger partial charge in [-0.05, 0) is 44.2 Å². The molecular weight excluding hydrogens is 218 g/mol. The second kappa shape index (κ2) is 12.0. The van der Waals surface area contributed by atoms with Gasteiger partial charge in [0.05, 0.1) is 0 Å². The van der Waals surface area contributed by atoms with Gasteiger partial charge in [-0.3, -0.25) is 0 Å².